The van der Waals surface area contributed by atoms with Crippen molar-refractivity contribution in [3.8, 4) is 0 Å². The molecule has 3 nitrogen and oxygen atoms in total. The summed E-state index contributed by atoms with van der Waals surface area (Å²) < 4.78 is 1.96. The molecule has 0 bridgehead atoms. The van der Waals surface area contributed by atoms with Gasteiger partial charge in [0.05, 0.1) is 6.54 Å². The van der Waals surface area contributed by atoms with Crippen LogP contribution in [0.3, 0.4) is 0 Å². The molecule has 0 unspecified atom stereocenters. The van der Waals surface area contributed by atoms with Crippen LogP contribution >= 0.6 is 0 Å². The Morgan fingerprint density at radius 2 is 2.05 bits per heavy atom. The van der Waals surface area contributed by atoms with Crippen LogP contribution in [0.5, 0.6) is 0 Å². The highest BCUT2D eigenvalue weighted by Crippen LogP contribution is 2.26. The van der Waals surface area contributed by atoms with Gasteiger partial charge >= 0.3 is 0 Å². The molecule has 3 rings (SSSR count). The Hall–Kier alpha value is -1.77. The van der Waals surface area contributed by atoms with Crippen LogP contribution in [0.4, 0.5) is 5.69 Å². The number of nitrogens with zero attached hydrogens (tertiary/aromatic N) is 2. The molecule has 0 saturated heterocycles. The minimum Gasteiger partial charge on any atom is -0.385 e. The Kier molecular flexibility index (Phi) is 4.93. The number of rotatable bonds is 6. The van der Waals surface area contributed by atoms with Gasteiger partial charge in [0.25, 0.3) is 0 Å². The van der Waals surface area contributed by atoms with E-state index in [1.165, 1.54) is 49.8 Å². The summed E-state index contributed by atoms with van der Waals surface area (Å²) in [6.45, 7) is 1.93. The molecule has 0 radical (unpaired) electrons. The van der Waals surface area contributed by atoms with E-state index >= 15 is 0 Å². The molecule has 1 aliphatic carbocycles. The summed E-state index contributed by atoms with van der Waals surface area (Å²) in [4.78, 5) is 0. The molecule has 1 aromatic heterocycles. The maximum atomic E-state index is 4.26. The third kappa shape index (κ3) is 4.35. The lowest BCUT2D eigenvalue weighted by Crippen LogP contribution is -2.12. The molecule has 3 heteroatoms. The largest absolute Gasteiger partial charge is 0.385 e. The van der Waals surface area contributed by atoms with E-state index in [9.17, 15) is 0 Å². The first-order chi connectivity index (χ1) is 10.4. The monoisotopic (exact) mass is 283 g/mol. The van der Waals surface area contributed by atoms with Crippen molar-refractivity contribution in [1.29, 1.82) is 0 Å². The number of benzene rings is 1. The Balaban J connectivity index is 1.48. The first kappa shape index (κ1) is 14.2. The third-order valence-electron chi connectivity index (χ3n) is 4.44. The van der Waals surface area contributed by atoms with Crippen molar-refractivity contribution in [3.63, 3.8) is 0 Å². The zero-order valence-corrected chi connectivity index (χ0v) is 12.7. The van der Waals surface area contributed by atoms with Gasteiger partial charge in [0.2, 0.25) is 0 Å². The summed E-state index contributed by atoms with van der Waals surface area (Å²) >= 11 is 0. The molecule has 1 N–H and O–H groups in total. The second-order valence-electron chi connectivity index (χ2n) is 6.12. The fourth-order valence-corrected chi connectivity index (χ4v) is 3.26. The molecule has 1 fully saturated rings. The van der Waals surface area contributed by atoms with Crippen LogP contribution < -0.4 is 5.32 Å². The van der Waals surface area contributed by atoms with Gasteiger partial charge in [0, 0.05) is 24.6 Å². The molecule has 21 heavy (non-hydrogen) atoms. The van der Waals surface area contributed by atoms with Gasteiger partial charge in [-0.3, -0.25) is 4.68 Å². The van der Waals surface area contributed by atoms with Gasteiger partial charge in [-0.1, -0.05) is 44.2 Å². The standard InChI is InChI=1S/C18H25N3/c1-2-6-16(7-3-1)10-12-19-18-9-4-8-17(14-18)15-21-13-5-11-20-21/h4-5,8-9,11,13-14,16,19H,1-3,6-7,10,12,15H2. The van der Waals surface area contributed by atoms with Crippen LogP contribution in [-0.2, 0) is 6.54 Å². The Morgan fingerprint density at radius 3 is 2.86 bits per heavy atom. The minimum absolute atomic E-state index is 0.838. The molecule has 2 aromatic rings. The van der Waals surface area contributed by atoms with Crippen LogP contribution in [0.15, 0.2) is 42.7 Å². The average molecular weight is 283 g/mol. The molecule has 1 aliphatic rings. The zero-order valence-electron chi connectivity index (χ0n) is 12.7. The van der Waals surface area contributed by atoms with E-state index in [4.69, 9.17) is 0 Å². The first-order valence-corrected chi connectivity index (χ1v) is 8.20. The molecular weight excluding hydrogens is 258 g/mol. The average Bonchev–Trinajstić information content (AvgIpc) is 3.02. The SMILES string of the molecule is c1cc(Cn2cccn2)cc(NCCC2CCCCC2)c1. The van der Waals surface area contributed by atoms with E-state index in [0.717, 1.165) is 19.0 Å². The molecule has 0 aliphatic heterocycles. The second kappa shape index (κ2) is 7.30. The number of hydrogen-bond donors (Lipinski definition) is 1. The Labute approximate surface area is 127 Å². The topological polar surface area (TPSA) is 29.9 Å². The molecule has 1 aromatic carbocycles. The highest BCUT2D eigenvalue weighted by molar-refractivity contribution is 5.45. The lowest BCUT2D eigenvalue weighted by atomic mass is 9.87. The van der Waals surface area contributed by atoms with Crippen LogP contribution in [0.2, 0.25) is 0 Å². The summed E-state index contributed by atoms with van der Waals surface area (Å²) in [7, 11) is 0. The fraction of sp³-hybridized carbons (Fsp3) is 0.500. The first-order valence-electron chi connectivity index (χ1n) is 8.20. The van der Waals surface area contributed by atoms with Crippen LogP contribution in [0.25, 0.3) is 0 Å². The lowest BCUT2D eigenvalue weighted by Gasteiger charge is -2.21. The van der Waals surface area contributed by atoms with E-state index in [-0.39, 0.29) is 0 Å². The molecule has 1 heterocycles. The summed E-state index contributed by atoms with van der Waals surface area (Å²) in [5, 5.41) is 7.84. The van der Waals surface area contributed by atoms with Crippen molar-refractivity contribution < 1.29 is 0 Å². The van der Waals surface area contributed by atoms with Gasteiger partial charge in [-0.25, -0.2) is 0 Å². The van der Waals surface area contributed by atoms with E-state index in [2.05, 4.69) is 34.7 Å². The van der Waals surface area contributed by atoms with Crippen LogP contribution in [-0.4, -0.2) is 16.3 Å². The van der Waals surface area contributed by atoms with Gasteiger partial charge in [-0.2, -0.15) is 5.10 Å². The summed E-state index contributed by atoms with van der Waals surface area (Å²) in [5.41, 5.74) is 2.52. The van der Waals surface area contributed by atoms with Gasteiger partial charge in [-0.05, 0) is 36.1 Å². The number of anilines is 1. The van der Waals surface area contributed by atoms with Gasteiger partial charge in [0.1, 0.15) is 0 Å². The van der Waals surface area contributed by atoms with Crippen LogP contribution in [0, 0.1) is 5.92 Å². The Bertz CT molecular complexity index is 527. The van der Waals surface area contributed by atoms with Crippen molar-refractivity contribution in [3.05, 3.63) is 48.3 Å². The minimum atomic E-state index is 0.838. The van der Waals surface area contributed by atoms with E-state index in [0.29, 0.717) is 0 Å². The van der Waals surface area contributed by atoms with Gasteiger partial charge in [0.15, 0.2) is 0 Å². The molecule has 1 saturated carbocycles. The summed E-state index contributed by atoms with van der Waals surface area (Å²) in [6.07, 6.45) is 12.3. The van der Waals surface area contributed by atoms with E-state index in [1.54, 1.807) is 0 Å². The second-order valence-corrected chi connectivity index (χ2v) is 6.12. The van der Waals surface area contributed by atoms with Crippen molar-refractivity contribution in [2.24, 2.45) is 5.92 Å². The van der Waals surface area contributed by atoms with Crippen molar-refractivity contribution in [1.82, 2.24) is 9.78 Å². The third-order valence-corrected chi connectivity index (χ3v) is 4.44. The maximum Gasteiger partial charge on any atom is 0.0660 e. The Morgan fingerprint density at radius 1 is 1.14 bits per heavy atom. The normalized spacial score (nSPS) is 16.0. The van der Waals surface area contributed by atoms with Gasteiger partial charge in [-0.15, -0.1) is 0 Å². The zero-order chi connectivity index (χ0) is 14.3. The van der Waals surface area contributed by atoms with E-state index < -0.39 is 0 Å². The maximum absolute atomic E-state index is 4.26. The molecule has 0 amide bonds. The number of aromatic nitrogens is 2. The van der Waals surface area contributed by atoms with Crippen molar-refractivity contribution in [2.45, 2.75) is 45.1 Å². The van der Waals surface area contributed by atoms with Gasteiger partial charge < -0.3 is 5.32 Å². The molecular formula is C18H25N3. The highest BCUT2D eigenvalue weighted by atomic mass is 15.3. The molecule has 0 spiro atoms. The lowest BCUT2D eigenvalue weighted by molar-refractivity contribution is 0.345. The van der Waals surface area contributed by atoms with Crippen LogP contribution in [0.1, 0.15) is 44.1 Å². The number of nitrogens with one attached hydrogen (secondary N) is 1. The van der Waals surface area contributed by atoms with E-state index in [1.807, 2.05) is 23.1 Å². The highest BCUT2D eigenvalue weighted by Gasteiger charge is 2.12. The summed E-state index contributed by atoms with van der Waals surface area (Å²) in [6, 6.07) is 10.7. The fourth-order valence-electron chi connectivity index (χ4n) is 3.26. The smallest absolute Gasteiger partial charge is 0.0660 e. The van der Waals surface area contributed by atoms with Crippen molar-refractivity contribution >= 4 is 5.69 Å². The predicted octanol–water partition coefficient (Wildman–Crippen LogP) is 4.31. The number of hydrogen-bond acceptors (Lipinski definition) is 2. The molecule has 112 valence electrons. The quantitative estimate of drug-likeness (QED) is 0.856. The van der Waals surface area contributed by atoms with Crippen molar-refractivity contribution in [2.75, 3.05) is 11.9 Å². The molecule has 0 atom stereocenters. The summed E-state index contributed by atoms with van der Waals surface area (Å²) in [5.74, 6) is 0.943. The predicted molar refractivity (Wildman–Crippen MR) is 87.5 cm³/mol.